The van der Waals surface area contributed by atoms with Gasteiger partial charge in [-0.2, -0.15) is 0 Å². The highest BCUT2D eigenvalue weighted by atomic mass is 32.1. The van der Waals surface area contributed by atoms with Gasteiger partial charge in [-0.15, -0.1) is 0 Å². The molecule has 4 aromatic rings. The van der Waals surface area contributed by atoms with Crippen molar-refractivity contribution >= 4 is 62.1 Å². The van der Waals surface area contributed by atoms with Crippen LogP contribution in [-0.2, 0) is 16.1 Å². The maximum absolute atomic E-state index is 13.2. The summed E-state index contributed by atoms with van der Waals surface area (Å²) < 4.78 is 13.2. The number of fused-ring (bicyclic) bond motifs is 2. The second-order valence-electron chi connectivity index (χ2n) is 8.04. The molecule has 0 bridgehead atoms. The quantitative estimate of drug-likeness (QED) is 0.168. The van der Waals surface area contributed by atoms with Crippen molar-refractivity contribution in [2.24, 2.45) is 4.99 Å². The summed E-state index contributed by atoms with van der Waals surface area (Å²) in [4.78, 5) is 33.4. The molecule has 3 heterocycles. The van der Waals surface area contributed by atoms with Crippen LogP contribution in [0, 0.1) is 0 Å². The number of nitrogens with zero attached hydrogens (tertiary/aromatic N) is 2. The third-order valence-electron chi connectivity index (χ3n) is 6.17. The minimum absolute atomic E-state index is 0.327. The summed E-state index contributed by atoms with van der Waals surface area (Å²) in [5.41, 5.74) is 3.64. The Morgan fingerprint density at radius 2 is 1.77 bits per heavy atom. The molecule has 0 spiro atoms. The predicted octanol–water partition coefficient (Wildman–Crippen LogP) is 4.20. The van der Waals surface area contributed by atoms with Gasteiger partial charge < -0.3 is 19.0 Å². The standard InChI is InChI=1S/C26H22N4O4S/c1-33-20-9-8-16-18(13-30(11-5-10-27-14-35)23(16)24(20)34-2)22-21(25(31)29-26(22)32)17-12-28-19-7-4-3-6-15(17)19/h3-4,6-9,12-13,28H,5,10-11H2,1-2H3,(H,29,31,32). The maximum atomic E-state index is 13.2. The van der Waals surface area contributed by atoms with Crippen LogP contribution >= 0.6 is 12.2 Å². The zero-order valence-electron chi connectivity index (χ0n) is 19.2. The number of aryl methyl sites for hydroxylation is 1. The fourth-order valence-corrected chi connectivity index (χ4v) is 4.78. The number of carbonyl (C=O) groups excluding carboxylic acids is 2. The van der Waals surface area contributed by atoms with Crippen molar-refractivity contribution in [3.8, 4) is 11.5 Å². The lowest BCUT2D eigenvalue weighted by Crippen LogP contribution is -2.22. The Balaban J connectivity index is 1.78. The van der Waals surface area contributed by atoms with Crippen LogP contribution in [0.2, 0.25) is 0 Å². The molecule has 8 nitrogen and oxygen atoms in total. The molecule has 2 aromatic heterocycles. The number of rotatable bonds is 8. The van der Waals surface area contributed by atoms with Crippen molar-refractivity contribution in [3.63, 3.8) is 0 Å². The van der Waals surface area contributed by atoms with Crippen LogP contribution in [0.4, 0.5) is 0 Å². The highest BCUT2D eigenvalue weighted by Crippen LogP contribution is 2.43. The number of aromatic nitrogens is 2. The van der Waals surface area contributed by atoms with E-state index in [2.05, 4.69) is 32.7 Å². The summed E-state index contributed by atoms with van der Waals surface area (Å²) in [6.07, 6.45) is 4.35. The number of isothiocyanates is 1. The predicted molar refractivity (Wildman–Crippen MR) is 138 cm³/mol. The molecule has 0 fully saturated rings. The van der Waals surface area contributed by atoms with E-state index < -0.39 is 11.8 Å². The topological polar surface area (TPSA) is 97.7 Å². The number of para-hydroxylation sites is 1. The molecule has 2 N–H and O–H groups in total. The highest BCUT2D eigenvalue weighted by molar-refractivity contribution is 7.78. The van der Waals surface area contributed by atoms with E-state index in [0.717, 1.165) is 21.8 Å². The lowest BCUT2D eigenvalue weighted by Gasteiger charge is -2.12. The number of H-pyrrole nitrogens is 1. The molecule has 1 aliphatic heterocycles. The van der Waals surface area contributed by atoms with E-state index >= 15 is 0 Å². The second-order valence-corrected chi connectivity index (χ2v) is 8.22. The summed E-state index contributed by atoms with van der Waals surface area (Å²) in [5, 5.41) is 6.51. The van der Waals surface area contributed by atoms with Crippen LogP contribution < -0.4 is 14.8 Å². The molecule has 2 amide bonds. The number of hydrogen-bond donors (Lipinski definition) is 2. The van der Waals surface area contributed by atoms with Crippen LogP contribution in [0.25, 0.3) is 33.0 Å². The Bertz CT molecular complexity index is 1570. The molecule has 9 heteroatoms. The van der Waals surface area contributed by atoms with Gasteiger partial charge in [0.1, 0.15) is 0 Å². The molecule has 0 unspecified atom stereocenters. The SMILES string of the molecule is COc1ccc2c(C3=C(c4c[nH]c5ccccc45)C(=O)NC3=O)cn(CCCN=C=S)c2c1OC. The average Bonchev–Trinajstić information content (AvgIpc) is 3.53. The van der Waals surface area contributed by atoms with Crippen LogP contribution in [-0.4, -0.2) is 47.3 Å². The first kappa shape index (κ1) is 22.6. The van der Waals surface area contributed by atoms with E-state index in [-0.39, 0.29) is 0 Å². The van der Waals surface area contributed by atoms with Gasteiger partial charge in [0.15, 0.2) is 11.5 Å². The number of hydrogen-bond acceptors (Lipinski definition) is 6. The summed E-state index contributed by atoms with van der Waals surface area (Å²) in [7, 11) is 3.15. The third-order valence-corrected chi connectivity index (χ3v) is 6.30. The van der Waals surface area contributed by atoms with E-state index in [9.17, 15) is 9.59 Å². The van der Waals surface area contributed by atoms with Gasteiger partial charge in [0.25, 0.3) is 11.8 Å². The Kier molecular flexibility index (Phi) is 5.94. The van der Waals surface area contributed by atoms with Gasteiger partial charge in [-0.1, -0.05) is 18.2 Å². The molecule has 0 radical (unpaired) electrons. The van der Waals surface area contributed by atoms with Gasteiger partial charge >= 0.3 is 0 Å². The van der Waals surface area contributed by atoms with Crippen LogP contribution in [0.5, 0.6) is 11.5 Å². The average molecular weight is 487 g/mol. The largest absolute Gasteiger partial charge is 0.493 e. The molecule has 176 valence electrons. The minimum Gasteiger partial charge on any atom is -0.493 e. The van der Waals surface area contributed by atoms with Gasteiger partial charge in [0.05, 0.1) is 42.6 Å². The molecule has 0 saturated heterocycles. The van der Waals surface area contributed by atoms with Crippen molar-refractivity contribution in [1.82, 2.24) is 14.9 Å². The van der Waals surface area contributed by atoms with Gasteiger partial charge in [0, 0.05) is 46.4 Å². The molecule has 1 aliphatic rings. The zero-order valence-corrected chi connectivity index (χ0v) is 20.0. The number of carbonyl (C=O) groups is 2. The number of methoxy groups -OCH3 is 2. The molecule has 2 aromatic carbocycles. The summed E-state index contributed by atoms with van der Waals surface area (Å²) in [6.45, 7) is 1.11. The van der Waals surface area contributed by atoms with Crippen molar-refractivity contribution in [1.29, 1.82) is 0 Å². The smallest absolute Gasteiger partial charge is 0.259 e. The molecule has 5 rings (SSSR count). The number of benzene rings is 2. The van der Waals surface area contributed by atoms with Crippen molar-refractivity contribution in [2.75, 3.05) is 20.8 Å². The van der Waals surface area contributed by atoms with Gasteiger partial charge in [-0.05, 0) is 36.8 Å². The highest BCUT2D eigenvalue weighted by Gasteiger charge is 2.35. The summed E-state index contributed by atoms with van der Waals surface area (Å²) in [6, 6.07) is 11.4. The Morgan fingerprint density at radius 3 is 2.51 bits per heavy atom. The fourth-order valence-electron chi connectivity index (χ4n) is 4.69. The van der Waals surface area contributed by atoms with Crippen molar-refractivity contribution in [2.45, 2.75) is 13.0 Å². The molecule has 0 aliphatic carbocycles. The van der Waals surface area contributed by atoms with Crippen LogP contribution in [0.3, 0.4) is 0 Å². The second kappa shape index (κ2) is 9.21. The number of imide groups is 1. The normalized spacial score (nSPS) is 13.4. The Hall–Kier alpha value is -4.20. The first-order valence-electron chi connectivity index (χ1n) is 11.0. The monoisotopic (exact) mass is 486 g/mol. The fraction of sp³-hybridized carbons (Fsp3) is 0.192. The number of aliphatic imine (C=N–C) groups is 1. The van der Waals surface area contributed by atoms with E-state index in [1.165, 1.54) is 0 Å². The lowest BCUT2D eigenvalue weighted by atomic mass is 9.95. The first-order chi connectivity index (χ1) is 17.1. The van der Waals surface area contributed by atoms with E-state index in [1.807, 2.05) is 41.1 Å². The number of nitrogens with one attached hydrogen (secondary N) is 2. The van der Waals surface area contributed by atoms with Gasteiger partial charge in [-0.25, -0.2) is 4.99 Å². The van der Waals surface area contributed by atoms with Crippen molar-refractivity contribution in [3.05, 3.63) is 59.9 Å². The lowest BCUT2D eigenvalue weighted by molar-refractivity contribution is -0.122. The maximum Gasteiger partial charge on any atom is 0.259 e. The molecule has 35 heavy (non-hydrogen) atoms. The van der Waals surface area contributed by atoms with Crippen LogP contribution in [0.1, 0.15) is 17.5 Å². The zero-order chi connectivity index (χ0) is 24.5. The first-order valence-corrected chi connectivity index (χ1v) is 11.4. The van der Waals surface area contributed by atoms with E-state index in [1.54, 1.807) is 26.5 Å². The Morgan fingerprint density at radius 1 is 1.00 bits per heavy atom. The number of ether oxygens (including phenoxy) is 2. The van der Waals surface area contributed by atoms with Crippen LogP contribution in [0.15, 0.2) is 53.8 Å². The molecule has 0 atom stereocenters. The molecule has 0 saturated carbocycles. The number of thiocarbonyl (C=S) groups is 1. The van der Waals surface area contributed by atoms with Gasteiger partial charge in [-0.3, -0.25) is 14.9 Å². The van der Waals surface area contributed by atoms with E-state index in [0.29, 0.717) is 53.3 Å². The van der Waals surface area contributed by atoms with Crippen molar-refractivity contribution < 1.29 is 19.1 Å². The van der Waals surface area contributed by atoms with Gasteiger partial charge in [0.2, 0.25) is 0 Å². The summed E-state index contributed by atoms with van der Waals surface area (Å²) in [5.74, 6) is 0.259. The number of amides is 2. The molecular weight excluding hydrogens is 464 g/mol. The molecular formula is C26H22N4O4S. The minimum atomic E-state index is -0.436. The third kappa shape index (κ3) is 3.71. The number of aromatic amines is 1. The van der Waals surface area contributed by atoms with E-state index in [4.69, 9.17) is 9.47 Å². The Labute approximate surface area is 206 Å². The summed E-state index contributed by atoms with van der Waals surface area (Å²) >= 11 is 4.67.